The van der Waals surface area contributed by atoms with Gasteiger partial charge >= 0.3 is 0 Å². The lowest BCUT2D eigenvalue weighted by Gasteiger charge is -2.03. The summed E-state index contributed by atoms with van der Waals surface area (Å²) in [6.45, 7) is 6.34. The van der Waals surface area contributed by atoms with Crippen molar-refractivity contribution in [2.75, 3.05) is 13.2 Å². The van der Waals surface area contributed by atoms with Crippen LogP contribution in [0.4, 0.5) is 0 Å². The van der Waals surface area contributed by atoms with Crippen LogP contribution in [-0.4, -0.2) is 62.8 Å². The number of aliphatic carboxylic acids is 3. The first-order chi connectivity index (χ1) is 9.00. The second-order valence-corrected chi connectivity index (χ2v) is 2.89. The lowest BCUT2D eigenvalue weighted by Crippen LogP contribution is -2.17. The first-order valence-corrected chi connectivity index (χ1v) is 5.11. The lowest BCUT2D eigenvalue weighted by molar-refractivity contribution is -0.135. The minimum atomic E-state index is -0.833. The molecule has 20 heavy (non-hydrogen) atoms. The summed E-state index contributed by atoms with van der Waals surface area (Å²) >= 11 is 0. The first-order valence-electron chi connectivity index (χ1n) is 5.11. The van der Waals surface area contributed by atoms with Crippen LogP contribution in [0.2, 0.25) is 0 Å². The van der Waals surface area contributed by atoms with Crippen LogP contribution in [0.5, 0.6) is 0 Å². The summed E-state index contributed by atoms with van der Waals surface area (Å²) in [5.74, 6) is -2.50. The number of carboxylic acid groups (broad SMARTS) is 3. The van der Waals surface area contributed by atoms with Gasteiger partial charge in [0.15, 0.2) is 0 Å². The fraction of sp³-hybridized carbons (Fsp3) is 0.545. The van der Waals surface area contributed by atoms with Gasteiger partial charge in [-0.1, -0.05) is 6.58 Å². The molecule has 9 nitrogen and oxygen atoms in total. The monoisotopic (exact) mass is 298 g/mol. The largest absolute Gasteiger partial charge is 0.499 e. The fourth-order valence-electron chi connectivity index (χ4n) is 0.232. The summed E-state index contributed by atoms with van der Waals surface area (Å²) in [7, 11) is 0. The molecular formula is C11H22O9. The molecule has 0 aromatic carbocycles. The zero-order valence-corrected chi connectivity index (χ0v) is 11.6. The van der Waals surface area contributed by atoms with E-state index in [0.717, 1.165) is 20.8 Å². The minimum Gasteiger partial charge on any atom is -0.499 e. The molecule has 0 aliphatic carbocycles. The summed E-state index contributed by atoms with van der Waals surface area (Å²) in [4.78, 5) is 27.0. The van der Waals surface area contributed by atoms with E-state index in [1.807, 2.05) is 0 Å². The Hall–Kier alpha value is -2.13. The molecule has 9 heteroatoms. The SMILES string of the molecule is C=COCC(O)CO.CC(=O)O.CC(=O)O.CC(=O)O. The van der Waals surface area contributed by atoms with E-state index in [-0.39, 0.29) is 13.2 Å². The van der Waals surface area contributed by atoms with E-state index in [1.165, 1.54) is 6.26 Å². The minimum absolute atomic E-state index is 0.111. The van der Waals surface area contributed by atoms with Crippen molar-refractivity contribution in [3.63, 3.8) is 0 Å². The van der Waals surface area contributed by atoms with Crippen molar-refractivity contribution in [3.8, 4) is 0 Å². The predicted molar refractivity (Wildman–Crippen MR) is 69.2 cm³/mol. The molecule has 5 N–H and O–H groups in total. The van der Waals surface area contributed by atoms with Gasteiger partial charge in [0.1, 0.15) is 12.7 Å². The van der Waals surface area contributed by atoms with E-state index in [9.17, 15) is 0 Å². The van der Waals surface area contributed by atoms with Gasteiger partial charge in [0.25, 0.3) is 17.9 Å². The summed E-state index contributed by atoms with van der Waals surface area (Å²) < 4.78 is 4.54. The van der Waals surface area contributed by atoms with Crippen LogP contribution in [0.3, 0.4) is 0 Å². The molecule has 0 spiro atoms. The van der Waals surface area contributed by atoms with Crippen molar-refractivity contribution in [1.29, 1.82) is 0 Å². The zero-order chi connectivity index (χ0) is 17.1. The van der Waals surface area contributed by atoms with Crippen LogP contribution in [0.25, 0.3) is 0 Å². The van der Waals surface area contributed by atoms with E-state index in [2.05, 4.69) is 11.3 Å². The number of ether oxygens (including phenoxy) is 1. The van der Waals surface area contributed by atoms with Gasteiger partial charge in [-0.2, -0.15) is 0 Å². The van der Waals surface area contributed by atoms with Gasteiger partial charge < -0.3 is 30.3 Å². The molecule has 0 radical (unpaired) electrons. The van der Waals surface area contributed by atoms with Crippen LogP contribution < -0.4 is 0 Å². The van der Waals surface area contributed by atoms with E-state index in [4.69, 9.17) is 39.9 Å². The molecule has 0 amide bonds. The van der Waals surface area contributed by atoms with Crippen LogP contribution in [0.1, 0.15) is 20.8 Å². The third-order valence-electron chi connectivity index (χ3n) is 0.617. The lowest BCUT2D eigenvalue weighted by atomic mass is 10.4. The highest BCUT2D eigenvalue weighted by Gasteiger charge is 1.97. The average Bonchev–Trinajstić information content (AvgIpc) is 2.23. The smallest absolute Gasteiger partial charge is 0.300 e. The van der Waals surface area contributed by atoms with Crippen LogP contribution in [-0.2, 0) is 19.1 Å². The quantitative estimate of drug-likeness (QED) is 0.441. The Balaban J connectivity index is -0.0000000917. The standard InChI is InChI=1S/C5H10O3.3C2H4O2/c1-2-8-4-5(7)3-6;3*1-2(3)4/h2,5-7H,1,3-4H2;3*1H3,(H,3,4). The van der Waals surface area contributed by atoms with Crippen molar-refractivity contribution in [2.24, 2.45) is 0 Å². The van der Waals surface area contributed by atoms with Gasteiger partial charge in [-0.25, -0.2) is 0 Å². The van der Waals surface area contributed by atoms with Crippen LogP contribution in [0.15, 0.2) is 12.8 Å². The molecule has 0 bridgehead atoms. The molecule has 1 atom stereocenters. The number of rotatable bonds is 4. The number of aliphatic hydroxyl groups excluding tert-OH is 2. The van der Waals surface area contributed by atoms with Gasteiger partial charge in [0.05, 0.1) is 12.9 Å². The first kappa shape index (κ1) is 26.4. The number of hydrogen-bond acceptors (Lipinski definition) is 6. The molecule has 0 aliphatic rings. The number of aliphatic hydroxyl groups is 2. The highest BCUT2D eigenvalue weighted by Crippen LogP contribution is 1.81. The molecule has 0 aliphatic heterocycles. The van der Waals surface area contributed by atoms with Gasteiger partial charge in [-0.3, -0.25) is 14.4 Å². The number of carboxylic acids is 3. The number of hydrogen-bond donors (Lipinski definition) is 5. The molecule has 0 heterocycles. The van der Waals surface area contributed by atoms with Gasteiger partial charge in [-0.15, -0.1) is 0 Å². The third-order valence-corrected chi connectivity index (χ3v) is 0.617. The maximum atomic E-state index is 9.00. The molecule has 0 rings (SSSR count). The van der Waals surface area contributed by atoms with E-state index in [0.29, 0.717) is 0 Å². The predicted octanol–water partition coefficient (Wildman–Crippen LogP) is -0.228. The molecule has 0 aromatic rings. The average molecular weight is 298 g/mol. The summed E-state index contributed by atoms with van der Waals surface area (Å²) in [5.41, 5.74) is 0. The van der Waals surface area contributed by atoms with Gasteiger partial charge in [-0.05, 0) is 0 Å². The van der Waals surface area contributed by atoms with Crippen LogP contribution in [0, 0.1) is 0 Å². The van der Waals surface area contributed by atoms with Crippen molar-refractivity contribution >= 4 is 17.9 Å². The molecule has 0 aromatic heterocycles. The van der Waals surface area contributed by atoms with Crippen molar-refractivity contribution in [1.82, 2.24) is 0 Å². The summed E-state index contributed by atoms with van der Waals surface area (Å²) in [6.07, 6.45) is 0.437. The Kier molecular flexibility index (Phi) is 29.2. The molecule has 1 unspecified atom stereocenters. The topological polar surface area (TPSA) is 162 Å². The van der Waals surface area contributed by atoms with E-state index in [1.54, 1.807) is 0 Å². The van der Waals surface area contributed by atoms with E-state index < -0.39 is 24.0 Å². The van der Waals surface area contributed by atoms with Gasteiger partial charge in [0.2, 0.25) is 0 Å². The van der Waals surface area contributed by atoms with Crippen molar-refractivity contribution in [3.05, 3.63) is 12.8 Å². The van der Waals surface area contributed by atoms with E-state index >= 15 is 0 Å². The Morgan fingerprint density at radius 3 is 1.45 bits per heavy atom. The normalized spacial score (nSPS) is 8.85. The molecule has 0 saturated heterocycles. The third kappa shape index (κ3) is 234. The molecule has 0 saturated carbocycles. The maximum absolute atomic E-state index is 9.00. The maximum Gasteiger partial charge on any atom is 0.300 e. The summed E-state index contributed by atoms with van der Waals surface area (Å²) in [5, 5.41) is 39.0. The highest BCUT2D eigenvalue weighted by atomic mass is 16.5. The highest BCUT2D eigenvalue weighted by molar-refractivity contribution is 5.63. The Morgan fingerprint density at radius 2 is 1.30 bits per heavy atom. The molecule has 120 valence electrons. The number of carbonyl (C=O) groups is 3. The Labute approximate surface area is 116 Å². The second-order valence-electron chi connectivity index (χ2n) is 2.89. The summed E-state index contributed by atoms with van der Waals surface area (Å²) in [6, 6.07) is 0. The Morgan fingerprint density at radius 1 is 1.05 bits per heavy atom. The Bertz CT molecular complexity index is 222. The van der Waals surface area contributed by atoms with Gasteiger partial charge in [0, 0.05) is 20.8 Å². The van der Waals surface area contributed by atoms with Crippen molar-refractivity contribution in [2.45, 2.75) is 26.9 Å². The molecule has 0 fully saturated rings. The zero-order valence-electron chi connectivity index (χ0n) is 11.6. The fourth-order valence-corrected chi connectivity index (χ4v) is 0.232. The van der Waals surface area contributed by atoms with Crippen LogP contribution >= 0.6 is 0 Å². The van der Waals surface area contributed by atoms with Crippen molar-refractivity contribution < 1.29 is 44.7 Å². The second kappa shape index (κ2) is 22.1. The molecular weight excluding hydrogens is 276 g/mol.